The Morgan fingerprint density at radius 1 is 1.15 bits per heavy atom. The third kappa shape index (κ3) is 3.76. The van der Waals surface area contributed by atoms with Gasteiger partial charge in [0.05, 0.1) is 34.7 Å². The number of carbonyl (C=O) groups is 3. The SMILES string of the molecule is CC[C@H](C)[C@H](CO)N1C(=O)[C@@H]2[C@@H]3C(=O)OCC=C[C@]3(C)S[C@@]23C=CCN(Cn2nnc4ccccc42)C(=O)C13. The van der Waals surface area contributed by atoms with Crippen molar-refractivity contribution in [1.29, 1.82) is 0 Å². The summed E-state index contributed by atoms with van der Waals surface area (Å²) in [6, 6.07) is 6.09. The average molecular weight is 552 g/mol. The lowest BCUT2D eigenvalue weighted by Crippen LogP contribution is -2.58. The third-order valence-electron chi connectivity index (χ3n) is 8.90. The van der Waals surface area contributed by atoms with E-state index in [-0.39, 0.29) is 37.6 Å². The largest absolute Gasteiger partial charge is 0.461 e. The van der Waals surface area contributed by atoms with Gasteiger partial charge in [0.25, 0.3) is 0 Å². The number of fused-ring (bicyclic) bond motifs is 3. The zero-order valence-electron chi connectivity index (χ0n) is 22.3. The lowest BCUT2D eigenvalue weighted by Gasteiger charge is -2.41. The fraction of sp³-hybridized carbons (Fsp3) is 0.536. The predicted molar refractivity (Wildman–Crippen MR) is 145 cm³/mol. The van der Waals surface area contributed by atoms with Crippen LogP contribution in [0.3, 0.4) is 0 Å². The molecule has 6 rings (SSSR count). The normalized spacial score (nSPS) is 33.4. The number of esters is 1. The van der Waals surface area contributed by atoms with E-state index in [0.29, 0.717) is 6.54 Å². The molecule has 1 aromatic heterocycles. The van der Waals surface area contributed by atoms with E-state index in [1.807, 2.05) is 69.3 Å². The van der Waals surface area contributed by atoms with Gasteiger partial charge in [0.2, 0.25) is 11.8 Å². The lowest BCUT2D eigenvalue weighted by molar-refractivity contribution is -0.153. The number of hydrogen-bond acceptors (Lipinski definition) is 8. The minimum absolute atomic E-state index is 0.0556. The number of para-hydroxylation sites is 1. The van der Waals surface area contributed by atoms with Crippen molar-refractivity contribution < 1.29 is 24.2 Å². The highest BCUT2D eigenvalue weighted by Gasteiger charge is 2.74. The molecule has 1 spiro atoms. The molecule has 2 saturated heterocycles. The number of thioether (sulfide) groups is 1. The van der Waals surface area contributed by atoms with Gasteiger partial charge in [-0.3, -0.25) is 14.4 Å². The molecule has 39 heavy (non-hydrogen) atoms. The first-order chi connectivity index (χ1) is 18.8. The monoisotopic (exact) mass is 551 g/mol. The van der Waals surface area contributed by atoms with Crippen LogP contribution >= 0.6 is 11.8 Å². The smallest absolute Gasteiger partial charge is 0.311 e. The quantitative estimate of drug-likeness (QED) is 0.428. The zero-order valence-corrected chi connectivity index (χ0v) is 23.1. The van der Waals surface area contributed by atoms with Crippen molar-refractivity contribution in [2.24, 2.45) is 17.8 Å². The number of aliphatic hydroxyl groups is 1. The molecule has 1 N–H and O–H groups in total. The second kappa shape index (κ2) is 9.48. The van der Waals surface area contributed by atoms with E-state index in [1.54, 1.807) is 14.5 Å². The molecule has 2 amide bonds. The minimum Gasteiger partial charge on any atom is -0.461 e. The molecule has 11 heteroatoms. The first kappa shape index (κ1) is 26.1. The molecule has 2 aromatic rings. The summed E-state index contributed by atoms with van der Waals surface area (Å²) in [6.07, 6.45) is 8.38. The van der Waals surface area contributed by atoms with Crippen LogP contribution in [0, 0.1) is 17.8 Å². The summed E-state index contributed by atoms with van der Waals surface area (Å²) in [5, 5.41) is 19.0. The van der Waals surface area contributed by atoms with Gasteiger partial charge in [0.1, 0.15) is 24.8 Å². The van der Waals surface area contributed by atoms with E-state index in [0.717, 1.165) is 17.5 Å². The van der Waals surface area contributed by atoms with Crippen LogP contribution in [0.4, 0.5) is 0 Å². The van der Waals surface area contributed by atoms with Gasteiger partial charge in [-0.05, 0) is 31.1 Å². The van der Waals surface area contributed by atoms with E-state index < -0.39 is 39.4 Å². The van der Waals surface area contributed by atoms with Crippen molar-refractivity contribution >= 4 is 40.6 Å². The maximum absolute atomic E-state index is 14.6. The van der Waals surface area contributed by atoms with E-state index in [2.05, 4.69) is 10.3 Å². The highest BCUT2D eigenvalue weighted by Crippen LogP contribution is 2.65. The van der Waals surface area contributed by atoms with E-state index in [4.69, 9.17) is 4.74 Å². The van der Waals surface area contributed by atoms with Crippen LogP contribution < -0.4 is 0 Å². The van der Waals surface area contributed by atoms with E-state index in [1.165, 1.54) is 11.8 Å². The first-order valence-electron chi connectivity index (χ1n) is 13.5. The van der Waals surface area contributed by atoms with Gasteiger partial charge in [0.15, 0.2) is 0 Å². The summed E-state index contributed by atoms with van der Waals surface area (Å²) >= 11 is 1.50. The van der Waals surface area contributed by atoms with Gasteiger partial charge in [-0.2, -0.15) is 0 Å². The standard InChI is InChI=1S/C28H33N5O5S/c1-4-17(2)20(15-34)33-23-25(36)31(16-32-19-10-6-5-9-18(19)29-30-32)13-7-12-28(23)21(24(33)35)22-26(37)38-14-8-11-27(22,3)39-28/h5-12,17,20-23,34H,4,13-16H2,1-3H3/t17-,20-,21-,22+,23?,27-,28-/m0/s1. The summed E-state index contributed by atoms with van der Waals surface area (Å²) in [6.45, 7) is 6.29. The Kier molecular flexibility index (Phi) is 6.33. The van der Waals surface area contributed by atoms with Crippen LogP contribution in [0.1, 0.15) is 27.2 Å². The van der Waals surface area contributed by atoms with Crippen molar-refractivity contribution in [3.8, 4) is 0 Å². The van der Waals surface area contributed by atoms with Crippen molar-refractivity contribution in [2.45, 2.75) is 55.4 Å². The molecule has 1 aromatic carbocycles. The summed E-state index contributed by atoms with van der Waals surface area (Å²) in [4.78, 5) is 45.6. The molecule has 7 atom stereocenters. The molecule has 2 fully saturated rings. The zero-order chi connectivity index (χ0) is 27.5. The lowest BCUT2D eigenvalue weighted by atomic mass is 9.75. The molecule has 0 bridgehead atoms. The van der Waals surface area contributed by atoms with E-state index >= 15 is 0 Å². The number of amides is 2. The maximum atomic E-state index is 14.6. The number of cyclic esters (lactones) is 1. The number of aromatic nitrogens is 3. The third-order valence-corrected chi connectivity index (χ3v) is 10.7. The highest BCUT2D eigenvalue weighted by atomic mass is 32.2. The molecule has 206 valence electrons. The molecule has 10 nitrogen and oxygen atoms in total. The summed E-state index contributed by atoms with van der Waals surface area (Å²) in [5.74, 6) is -2.54. The Labute approximate surface area is 231 Å². The van der Waals surface area contributed by atoms with Gasteiger partial charge in [-0.15, -0.1) is 16.9 Å². The Balaban J connectivity index is 1.47. The summed E-state index contributed by atoms with van der Waals surface area (Å²) in [5.41, 5.74) is 1.53. The highest BCUT2D eigenvalue weighted by molar-refractivity contribution is 8.02. The number of carbonyl (C=O) groups excluding carboxylic acids is 3. The molecule has 0 radical (unpaired) electrons. The van der Waals surface area contributed by atoms with Crippen molar-refractivity contribution in [2.75, 3.05) is 19.8 Å². The molecule has 4 aliphatic rings. The predicted octanol–water partition coefficient (Wildman–Crippen LogP) is 1.99. The van der Waals surface area contributed by atoms with Crippen LogP contribution in [0.5, 0.6) is 0 Å². The Hall–Kier alpha value is -3.18. The van der Waals surface area contributed by atoms with Crippen LogP contribution in [0.25, 0.3) is 11.0 Å². The second-order valence-electron chi connectivity index (χ2n) is 11.1. The van der Waals surface area contributed by atoms with Gasteiger partial charge in [-0.1, -0.05) is 55.8 Å². The minimum atomic E-state index is -0.992. The van der Waals surface area contributed by atoms with Crippen LogP contribution in [-0.4, -0.2) is 89.0 Å². The number of benzene rings is 1. The van der Waals surface area contributed by atoms with Gasteiger partial charge in [-0.25, -0.2) is 4.68 Å². The van der Waals surface area contributed by atoms with Gasteiger partial charge in [0, 0.05) is 11.3 Å². The number of hydrogen-bond donors (Lipinski definition) is 1. The molecular weight excluding hydrogens is 518 g/mol. The van der Waals surface area contributed by atoms with E-state index in [9.17, 15) is 19.5 Å². The van der Waals surface area contributed by atoms with Crippen LogP contribution in [-0.2, 0) is 25.8 Å². The summed E-state index contributed by atoms with van der Waals surface area (Å²) in [7, 11) is 0. The van der Waals surface area contributed by atoms with Crippen LogP contribution in [0.2, 0.25) is 0 Å². The second-order valence-corrected chi connectivity index (χ2v) is 12.9. The number of ether oxygens (including phenoxy) is 1. The Bertz CT molecular complexity index is 1390. The number of aliphatic hydroxyl groups excluding tert-OH is 1. The molecule has 1 unspecified atom stereocenters. The molecule has 0 saturated carbocycles. The fourth-order valence-corrected chi connectivity index (χ4v) is 8.96. The van der Waals surface area contributed by atoms with Crippen molar-refractivity contribution in [3.05, 3.63) is 48.6 Å². The number of rotatable bonds is 6. The maximum Gasteiger partial charge on any atom is 0.311 e. The fourth-order valence-electron chi connectivity index (χ4n) is 6.82. The first-order valence-corrected chi connectivity index (χ1v) is 14.3. The summed E-state index contributed by atoms with van der Waals surface area (Å²) < 4.78 is 5.47. The average Bonchev–Trinajstić information content (AvgIpc) is 3.45. The van der Waals surface area contributed by atoms with Crippen LogP contribution in [0.15, 0.2) is 48.6 Å². The molecule has 4 aliphatic heterocycles. The Morgan fingerprint density at radius 2 is 1.95 bits per heavy atom. The van der Waals surface area contributed by atoms with Crippen molar-refractivity contribution in [3.63, 3.8) is 0 Å². The molecular formula is C28H33N5O5S. The molecule has 0 aliphatic carbocycles. The number of likely N-dealkylation sites (tertiary alicyclic amines) is 1. The Morgan fingerprint density at radius 3 is 2.72 bits per heavy atom. The number of nitrogens with zero attached hydrogens (tertiary/aromatic N) is 5. The van der Waals surface area contributed by atoms with Crippen molar-refractivity contribution in [1.82, 2.24) is 24.8 Å². The van der Waals surface area contributed by atoms with Gasteiger partial charge >= 0.3 is 5.97 Å². The molecule has 5 heterocycles. The van der Waals surface area contributed by atoms with Gasteiger partial charge < -0.3 is 19.6 Å². The topological polar surface area (TPSA) is 118 Å².